The topological polar surface area (TPSA) is 197 Å². The van der Waals surface area contributed by atoms with E-state index in [0.717, 1.165) is 0 Å². The highest BCUT2D eigenvalue weighted by Crippen LogP contribution is 2.42. The number of ether oxygens (including phenoxy) is 6. The molecule has 0 aromatic rings. The monoisotopic (exact) mass is 791 g/mol. The van der Waals surface area contributed by atoms with E-state index in [-0.39, 0.29) is 43.7 Å². The van der Waals surface area contributed by atoms with Crippen molar-refractivity contribution in [2.24, 2.45) is 23.7 Å². The average Bonchev–Trinajstić information content (AvgIpc) is 3.08. The van der Waals surface area contributed by atoms with E-state index in [1.807, 2.05) is 51.7 Å². The molecule has 18 atom stereocenters. The fourth-order valence-corrected chi connectivity index (χ4v) is 9.39. The SMILES string of the molecule is CC[C@H]1OC(=O)[C@H](C)[C@@H](O[C@@H]2C[C@@](C)(OC)[C@@H](CC(=O)O)C(C)O2)[C@H](C)[C@@H](O[C@@H]2O[C@H](C)C[C@H](N(C)C)[C@H]2O)[C@](C)(O)C[C@@H](C)CN(C)[C@H](C)[C@@H](O)[C@]1(C)O. The molecule has 15 nitrogen and oxygen atoms in total. The van der Waals surface area contributed by atoms with Gasteiger partial charge in [-0.05, 0) is 94.8 Å². The maximum Gasteiger partial charge on any atom is 0.311 e. The molecule has 0 saturated carbocycles. The van der Waals surface area contributed by atoms with Crippen molar-refractivity contribution in [3.05, 3.63) is 0 Å². The standard InChI is InChI=1S/C40H74N2O13/c1-15-29-40(10,49)34(46)25(6)42(13)20-21(2)18-38(8,48)35(55-37-32(45)28(41(11)12)16-22(3)51-37)23(4)33(24(5)36(47)53-29)54-31-19-39(9,50-14)27(17-30(43)44)26(7)52-31/h21-29,31-35,37,45-46,48-49H,15-20H2,1-14H3,(H,43,44)/t21-,22-,23+,24-,25-,26?,27+,28+,29-,31-,32-,33+,34-,35-,37+,38-,39-,40-/m1/s1. The molecule has 1 unspecified atom stereocenters. The van der Waals surface area contributed by atoms with E-state index >= 15 is 0 Å². The molecule has 3 aliphatic heterocycles. The van der Waals surface area contributed by atoms with E-state index < -0.39 is 102 Å². The Labute approximate surface area is 328 Å². The molecule has 0 radical (unpaired) electrons. The highest BCUT2D eigenvalue weighted by atomic mass is 16.7. The quantitative estimate of drug-likeness (QED) is 0.214. The largest absolute Gasteiger partial charge is 0.481 e. The Kier molecular flexibility index (Phi) is 16.6. The minimum Gasteiger partial charge on any atom is -0.481 e. The lowest BCUT2D eigenvalue weighted by Crippen LogP contribution is -2.60. The van der Waals surface area contributed by atoms with Gasteiger partial charge in [-0.15, -0.1) is 0 Å². The summed E-state index contributed by atoms with van der Waals surface area (Å²) in [5, 5.41) is 57.1. The summed E-state index contributed by atoms with van der Waals surface area (Å²) in [5.41, 5.74) is -4.38. The number of carbonyl (C=O) groups excluding carboxylic acids is 1. The number of nitrogens with zero attached hydrogens (tertiary/aromatic N) is 2. The lowest BCUT2D eigenvalue weighted by Gasteiger charge is -2.49. The first-order valence-electron chi connectivity index (χ1n) is 20.1. The van der Waals surface area contributed by atoms with Crippen LogP contribution in [0.25, 0.3) is 0 Å². The first-order chi connectivity index (χ1) is 25.3. The summed E-state index contributed by atoms with van der Waals surface area (Å²) in [6, 6.07) is -0.848. The highest BCUT2D eigenvalue weighted by molar-refractivity contribution is 5.73. The Hall–Kier alpha value is -1.50. The summed E-state index contributed by atoms with van der Waals surface area (Å²) in [6.07, 6.45) is -7.66. The molecule has 0 aromatic carbocycles. The van der Waals surface area contributed by atoms with Crippen molar-refractivity contribution >= 4 is 11.9 Å². The first-order valence-corrected chi connectivity index (χ1v) is 20.1. The number of hydrogen-bond donors (Lipinski definition) is 5. The second-order valence-corrected chi connectivity index (χ2v) is 17.9. The van der Waals surface area contributed by atoms with Crippen molar-refractivity contribution in [2.75, 3.05) is 34.8 Å². The molecule has 0 bridgehead atoms. The second kappa shape index (κ2) is 19.0. The molecule has 0 spiro atoms. The lowest BCUT2D eigenvalue weighted by atomic mass is 9.77. The number of aliphatic hydroxyl groups is 4. The summed E-state index contributed by atoms with van der Waals surface area (Å²) in [5.74, 6) is -4.20. The van der Waals surface area contributed by atoms with Gasteiger partial charge in [-0.1, -0.05) is 20.8 Å². The molecular weight excluding hydrogens is 716 g/mol. The maximum atomic E-state index is 14.3. The van der Waals surface area contributed by atoms with Crippen molar-refractivity contribution < 1.29 is 63.5 Å². The number of hydrogen-bond acceptors (Lipinski definition) is 14. The van der Waals surface area contributed by atoms with E-state index in [9.17, 15) is 35.1 Å². The van der Waals surface area contributed by atoms with Crippen LogP contribution in [0, 0.1) is 23.7 Å². The number of rotatable bonds is 9. The number of carboxylic acids is 1. The van der Waals surface area contributed by atoms with Crippen LogP contribution in [0.2, 0.25) is 0 Å². The highest BCUT2D eigenvalue weighted by Gasteiger charge is 2.53. The molecule has 322 valence electrons. The van der Waals surface area contributed by atoms with Gasteiger partial charge in [0.15, 0.2) is 12.6 Å². The van der Waals surface area contributed by atoms with Crippen molar-refractivity contribution in [3.63, 3.8) is 0 Å². The van der Waals surface area contributed by atoms with Crippen molar-refractivity contribution in [2.45, 2.75) is 186 Å². The minimum atomic E-state index is -1.82. The van der Waals surface area contributed by atoms with E-state index in [2.05, 4.69) is 0 Å². The van der Waals surface area contributed by atoms with Crippen LogP contribution >= 0.6 is 0 Å². The molecule has 0 aromatic heterocycles. The molecule has 3 saturated heterocycles. The zero-order valence-corrected chi connectivity index (χ0v) is 35.8. The molecule has 15 heteroatoms. The van der Waals surface area contributed by atoms with Gasteiger partial charge in [-0.3, -0.25) is 9.59 Å². The summed E-state index contributed by atoms with van der Waals surface area (Å²) in [4.78, 5) is 29.9. The molecule has 5 N–H and O–H groups in total. The van der Waals surface area contributed by atoms with E-state index in [4.69, 9.17) is 28.4 Å². The Morgan fingerprint density at radius 1 is 1.00 bits per heavy atom. The van der Waals surface area contributed by atoms with Crippen LogP contribution in [0.4, 0.5) is 0 Å². The van der Waals surface area contributed by atoms with E-state index in [0.29, 0.717) is 13.0 Å². The lowest BCUT2D eigenvalue weighted by molar-refractivity contribution is -0.314. The van der Waals surface area contributed by atoms with Gasteiger partial charge in [-0.25, -0.2) is 0 Å². The van der Waals surface area contributed by atoms with Gasteiger partial charge in [-0.2, -0.15) is 0 Å². The fraction of sp³-hybridized carbons (Fsp3) is 0.950. The van der Waals surface area contributed by atoms with E-state index in [1.54, 1.807) is 41.5 Å². The van der Waals surface area contributed by atoms with Crippen LogP contribution in [-0.2, 0) is 38.0 Å². The van der Waals surface area contributed by atoms with Gasteiger partial charge in [0.05, 0.1) is 48.0 Å². The third kappa shape index (κ3) is 11.2. The normalized spacial score (nSPS) is 47.5. The summed E-state index contributed by atoms with van der Waals surface area (Å²) in [6.45, 7) is 18.0. The third-order valence-electron chi connectivity index (χ3n) is 12.9. The van der Waals surface area contributed by atoms with Crippen LogP contribution in [0.1, 0.15) is 101 Å². The van der Waals surface area contributed by atoms with Crippen molar-refractivity contribution in [1.82, 2.24) is 9.80 Å². The predicted molar refractivity (Wildman–Crippen MR) is 204 cm³/mol. The van der Waals surface area contributed by atoms with Crippen molar-refractivity contribution in [3.8, 4) is 0 Å². The Morgan fingerprint density at radius 3 is 2.16 bits per heavy atom. The van der Waals surface area contributed by atoms with Crippen LogP contribution in [-0.4, -0.2) is 166 Å². The summed E-state index contributed by atoms with van der Waals surface area (Å²) >= 11 is 0. The number of cyclic esters (lactones) is 1. The second-order valence-electron chi connectivity index (χ2n) is 17.9. The molecule has 3 aliphatic rings. The van der Waals surface area contributed by atoms with Crippen LogP contribution in [0.5, 0.6) is 0 Å². The number of methoxy groups -OCH3 is 1. The number of esters is 1. The zero-order chi connectivity index (χ0) is 42.0. The Balaban J connectivity index is 2.18. The van der Waals surface area contributed by atoms with Crippen LogP contribution in [0.15, 0.2) is 0 Å². The van der Waals surface area contributed by atoms with Gasteiger partial charge in [0.1, 0.15) is 23.9 Å². The molecule has 0 amide bonds. The zero-order valence-electron chi connectivity index (χ0n) is 35.8. The fourth-order valence-electron chi connectivity index (χ4n) is 9.39. The Morgan fingerprint density at radius 2 is 1.62 bits per heavy atom. The number of likely N-dealkylation sites (N-methyl/N-ethyl adjacent to an activating group) is 2. The Bertz CT molecular complexity index is 1250. The van der Waals surface area contributed by atoms with Gasteiger partial charge in [0.2, 0.25) is 0 Å². The predicted octanol–water partition coefficient (Wildman–Crippen LogP) is 2.63. The maximum absolute atomic E-state index is 14.3. The molecule has 3 fully saturated rings. The number of aliphatic carboxylic acids is 1. The van der Waals surface area contributed by atoms with Gasteiger partial charge >= 0.3 is 11.9 Å². The average molecular weight is 791 g/mol. The molecular formula is C40H74N2O13. The number of carboxylic acid groups (broad SMARTS) is 1. The third-order valence-corrected chi connectivity index (χ3v) is 12.9. The van der Waals surface area contributed by atoms with E-state index in [1.165, 1.54) is 14.0 Å². The van der Waals surface area contributed by atoms with Crippen LogP contribution < -0.4 is 0 Å². The molecule has 55 heavy (non-hydrogen) atoms. The molecule has 3 heterocycles. The smallest absolute Gasteiger partial charge is 0.311 e. The first kappa shape index (κ1) is 47.9. The minimum absolute atomic E-state index is 0.130. The number of carbonyl (C=O) groups is 2. The molecule has 0 aliphatic carbocycles. The number of aliphatic hydroxyl groups excluding tert-OH is 2. The summed E-state index contributed by atoms with van der Waals surface area (Å²) in [7, 11) is 7.09. The summed E-state index contributed by atoms with van der Waals surface area (Å²) < 4.78 is 38.0. The van der Waals surface area contributed by atoms with Gasteiger partial charge in [0, 0.05) is 44.0 Å². The van der Waals surface area contributed by atoms with Crippen molar-refractivity contribution in [1.29, 1.82) is 0 Å². The van der Waals surface area contributed by atoms with Crippen LogP contribution in [0.3, 0.4) is 0 Å². The molecule has 3 rings (SSSR count). The van der Waals surface area contributed by atoms with Gasteiger partial charge < -0.3 is 63.8 Å². The van der Waals surface area contributed by atoms with Gasteiger partial charge in [0.25, 0.3) is 0 Å².